The van der Waals surface area contributed by atoms with Crippen molar-refractivity contribution in [2.24, 2.45) is 4.99 Å². The zero-order valence-corrected chi connectivity index (χ0v) is 11.6. The maximum atomic E-state index is 5.86. The van der Waals surface area contributed by atoms with Crippen molar-refractivity contribution in [2.45, 2.75) is 13.3 Å². The monoisotopic (exact) mass is 269 g/mol. The first-order valence-electron chi connectivity index (χ1n) is 7.08. The van der Waals surface area contributed by atoms with Crippen LogP contribution in [-0.2, 0) is 0 Å². The van der Waals surface area contributed by atoms with Gasteiger partial charge < -0.3 is 15.4 Å². The van der Waals surface area contributed by atoms with Crippen LogP contribution in [0, 0.1) is 0 Å². The van der Waals surface area contributed by atoms with Crippen LogP contribution in [0.3, 0.4) is 0 Å². The van der Waals surface area contributed by atoms with E-state index < -0.39 is 0 Å². The summed E-state index contributed by atoms with van der Waals surface area (Å²) in [4.78, 5) is 4.40. The standard InChI is InChI=1S/C16H19N3O/c1-2-11-20-14-8-7-12-5-3-4-6-13(12)15(14)19-16-17-9-10-18-16/h3-8H,2,9-11H2,1H3,(H2,17,18,19). The van der Waals surface area contributed by atoms with Gasteiger partial charge in [-0.15, -0.1) is 0 Å². The molecule has 0 aliphatic carbocycles. The van der Waals surface area contributed by atoms with Gasteiger partial charge in [0.1, 0.15) is 5.75 Å². The molecule has 3 rings (SSSR count). The highest BCUT2D eigenvalue weighted by atomic mass is 16.5. The van der Waals surface area contributed by atoms with E-state index in [1.807, 2.05) is 18.2 Å². The first-order chi connectivity index (χ1) is 9.88. The Kier molecular flexibility index (Phi) is 3.72. The van der Waals surface area contributed by atoms with E-state index in [-0.39, 0.29) is 0 Å². The predicted molar refractivity (Wildman–Crippen MR) is 83.7 cm³/mol. The van der Waals surface area contributed by atoms with Gasteiger partial charge in [0.2, 0.25) is 0 Å². The van der Waals surface area contributed by atoms with Crippen LogP contribution >= 0.6 is 0 Å². The molecule has 1 aliphatic heterocycles. The first kappa shape index (κ1) is 12.8. The van der Waals surface area contributed by atoms with E-state index in [0.717, 1.165) is 42.3 Å². The summed E-state index contributed by atoms with van der Waals surface area (Å²) >= 11 is 0. The van der Waals surface area contributed by atoms with Crippen molar-refractivity contribution in [2.75, 3.05) is 25.0 Å². The van der Waals surface area contributed by atoms with Crippen molar-refractivity contribution < 1.29 is 4.74 Å². The molecule has 0 saturated heterocycles. The Morgan fingerprint density at radius 3 is 2.95 bits per heavy atom. The zero-order valence-electron chi connectivity index (χ0n) is 11.6. The molecule has 104 valence electrons. The molecular formula is C16H19N3O. The number of hydrogen-bond donors (Lipinski definition) is 2. The Labute approximate surface area is 118 Å². The average molecular weight is 269 g/mol. The fraction of sp³-hybridized carbons (Fsp3) is 0.312. The molecule has 0 spiro atoms. The van der Waals surface area contributed by atoms with Crippen LogP contribution in [0.15, 0.2) is 41.4 Å². The number of ether oxygens (including phenoxy) is 1. The molecule has 0 amide bonds. The molecule has 20 heavy (non-hydrogen) atoms. The predicted octanol–water partition coefficient (Wildman–Crippen LogP) is 3.00. The van der Waals surface area contributed by atoms with E-state index in [0.29, 0.717) is 6.61 Å². The highest BCUT2D eigenvalue weighted by Crippen LogP contribution is 2.33. The van der Waals surface area contributed by atoms with Crippen LogP contribution in [-0.4, -0.2) is 25.7 Å². The summed E-state index contributed by atoms with van der Waals surface area (Å²) in [6, 6.07) is 12.4. The lowest BCUT2D eigenvalue weighted by atomic mass is 10.1. The largest absolute Gasteiger partial charge is 0.491 e. The van der Waals surface area contributed by atoms with Crippen LogP contribution in [0.25, 0.3) is 10.8 Å². The third-order valence-electron chi connectivity index (χ3n) is 3.27. The van der Waals surface area contributed by atoms with Crippen LogP contribution in [0.2, 0.25) is 0 Å². The summed E-state index contributed by atoms with van der Waals surface area (Å²) in [5.41, 5.74) is 0.990. The summed E-state index contributed by atoms with van der Waals surface area (Å²) in [6.07, 6.45) is 0.992. The Morgan fingerprint density at radius 2 is 2.15 bits per heavy atom. The molecule has 1 heterocycles. The number of benzene rings is 2. The van der Waals surface area contributed by atoms with Gasteiger partial charge in [-0.05, 0) is 17.9 Å². The SMILES string of the molecule is CCCOc1ccc2ccccc2c1NC1=NCCN1. The van der Waals surface area contributed by atoms with Crippen molar-refractivity contribution in [1.29, 1.82) is 0 Å². The number of fused-ring (bicyclic) bond motifs is 1. The summed E-state index contributed by atoms with van der Waals surface area (Å²) in [5.74, 6) is 1.70. The van der Waals surface area contributed by atoms with Crippen molar-refractivity contribution in [3.63, 3.8) is 0 Å². The van der Waals surface area contributed by atoms with Gasteiger partial charge >= 0.3 is 0 Å². The molecule has 0 saturated carbocycles. The van der Waals surface area contributed by atoms with Crippen molar-refractivity contribution >= 4 is 22.4 Å². The smallest absolute Gasteiger partial charge is 0.196 e. The van der Waals surface area contributed by atoms with E-state index >= 15 is 0 Å². The minimum atomic E-state index is 0.715. The molecule has 0 radical (unpaired) electrons. The Balaban J connectivity index is 2.02. The van der Waals surface area contributed by atoms with Gasteiger partial charge in [-0.25, -0.2) is 0 Å². The van der Waals surface area contributed by atoms with Crippen LogP contribution < -0.4 is 15.4 Å². The minimum Gasteiger partial charge on any atom is -0.491 e. The number of nitrogens with zero attached hydrogens (tertiary/aromatic N) is 1. The fourth-order valence-electron chi connectivity index (χ4n) is 2.31. The molecule has 0 aromatic heterocycles. The minimum absolute atomic E-state index is 0.715. The van der Waals surface area contributed by atoms with E-state index in [1.165, 1.54) is 5.39 Å². The van der Waals surface area contributed by atoms with Crippen molar-refractivity contribution in [1.82, 2.24) is 5.32 Å². The topological polar surface area (TPSA) is 45.6 Å². The lowest BCUT2D eigenvalue weighted by Crippen LogP contribution is -2.26. The van der Waals surface area contributed by atoms with Gasteiger partial charge in [-0.3, -0.25) is 4.99 Å². The first-order valence-corrected chi connectivity index (χ1v) is 7.08. The van der Waals surface area contributed by atoms with Crippen LogP contribution in [0.1, 0.15) is 13.3 Å². The van der Waals surface area contributed by atoms with Crippen LogP contribution in [0.5, 0.6) is 5.75 Å². The second kappa shape index (κ2) is 5.82. The molecular weight excluding hydrogens is 250 g/mol. The zero-order chi connectivity index (χ0) is 13.8. The van der Waals surface area contributed by atoms with Crippen molar-refractivity contribution in [3.8, 4) is 5.75 Å². The van der Waals surface area contributed by atoms with Gasteiger partial charge in [0, 0.05) is 11.9 Å². The Morgan fingerprint density at radius 1 is 1.25 bits per heavy atom. The van der Waals surface area contributed by atoms with Crippen molar-refractivity contribution in [3.05, 3.63) is 36.4 Å². The van der Waals surface area contributed by atoms with Gasteiger partial charge in [0.05, 0.1) is 18.8 Å². The lowest BCUT2D eigenvalue weighted by molar-refractivity contribution is 0.319. The average Bonchev–Trinajstić information content (AvgIpc) is 2.99. The number of rotatable bonds is 4. The third kappa shape index (κ3) is 2.54. The lowest BCUT2D eigenvalue weighted by Gasteiger charge is -2.15. The highest BCUT2D eigenvalue weighted by molar-refractivity contribution is 6.06. The van der Waals surface area contributed by atoms with E-state index in [9.17, 15) is 0 Å². The summed E-state index contributed by atoms with van der Waals surface area (Å²) in [5, 5.41) is 8.95. The number of nitrogens with one attached hydrogen (secondary N) is 2. The van der Waals surface area contributed by atoms with Gasteiger partial charge in [0.15, 0.2) is 5.96 Å². The molecule has 4 heteroatoms. The highest BCUT2D eigenvalue weighted by Gasteiger charge is 2.12. The third-order valence-corrected chi connectivity index (χ3v) is 3.27. The number of aliphatic imine (C=N–C) groups is 1. The molecule has 4 nitrogen and oxygen atoms in total. The summed E-state index contributed by atoms with van der Waals surface area (Å²) in [7, 11) is 0. The van der Waals surface area contributed by atoms with Gasteiger partial charge in [-0.1, -0.05) is 37.3 Å². The van der Waals surface area contributed by atoms with E-state index in [2.05, 4.69) is 40.7 Å². The van der Waals surface area contributed by atoms with Crippen LogP contribution in [0.4, 0.5) is 5.69 Å². The number of anilines is 1. The second-order valence-corrected chi connectivity index (χ2v) is 4.79. The molecule has 0 bridgehead atoms. The van der Waals surface area contributed by atoms with E-state index in [4.69, 9.17) is 4.74 Å². The molecule has 2 aromatic carbocycles. The summed E-state index contributed by atoms with van der Waals surface area (Å²) in [6.45, 7) is 4.53. The second-order valence-electron chi connectivity index (χ2n) is 4.79. The summed E-state index contributed by atoms with van der Waals surface area (Å²) < 4.78 is 5.86. The fourth-order valence-corrected chi connectivity index (χ4v) is 2.31. The normalized spacial score (nSPS) is 13.9. The van der Waals surface area contributed by atoms with Gasteiger partial charge in [-0.2, -0.15) is 0 Å². The molecule has 2 aromatic rings. The maximum Gasteiger partial charge on any atom is 0.196 e. The van der Waals surface area contributed by atoms with Gasteiger partial charge in [0.25, 0.3) is 0 Å². The maximum absolute atomic E-state index is 5.86. The molecule has 0 unspecified atom stereocenters. The molecule has 0 atom stereocenters. The molecule has 0 fully saturated rings. The quantitative estimate of drug-likeness (QED) is 0.897. The molecule has 2 N–H and O–H groups in total. The Bertz CT molecular complexity index is 637. The number of hydrogen-bond acceptors (Lipinski definition) is 4. The number of guanidine groups is 1. The molecule has 1 aliphatic rings. The Hall–Kier alpha value is -2.23. The van der Waals surface area contributed by atoms with E-state index in [1.54, 1.807) is 0 Å².